The Morgan fingerprint density at radius 1 is 1.25 bits per heavy atom. The van der Waals surface area contributed by atoms with Gasteiger partial charge in [0.1, 0.15) is 0 Å². The minimum absolute atomic E-state index is 2.00. The summed E-state index contributed by atoms with van der Waals surface area (Å²) in [5.41, 5.74) is 0. The van der Waals surface area contributed by atoms with Crippen molar-refractivity contribution in [2.45, 2.75) is 0 Å². The maximum atomic E-state index is 8.00. The van der Waals surface area contributed by atoms with Crippen LogP contribution in [0.15, 0.2) is 0 Å². The maximum absolute atomic E-state index is 8.00. The Morgan fingerprint density at radius 3 is 1.25 bits per heavy atom. The van der Waals surface area contributed by atoms with Crippen LogP contribution in [0, 0.1) is 0 Å². The number of hydrogen-bond acceptors (Lipinski definition) is 2. The summed E-state index contributed by atoms with van der Waals surface area (Å²) in [6.45, 7) is 0. The Hall–Kier alpha value is 0.184. The first-order valence-electron chi connectivity index (χ1n) is 0.380. The molecule has 0 unspecified atom stereocenters. The SMILES string of the molecule is [B]=O.[O]=[Fe]. The molecule has 0 spiro atoms. The van der Waals surface area contributed by atoms with Crippen LogP contribution < -0.4 is 0 Å². The summed E-state index contributed by atoms with van der Waals surface area (Å²) in [7, 11) is 3.25. The molecule has 0 saturated heterocycles. The molecular weight excluding hydrogens is 98.7 g/mol. The predicted octanol–water partition coefficient (Wildman–Crippen LogP) is -0.621. The first kappa shape index (κ1) is 8.89. The average Bonchev–Trinajstić information content (AvgIpc) is 1.50. The number of rotatable bonds is 0. The van der Waals surface area contributed by atoms with E-state index >= 15 is 0 Å². The van der Waals surface area contributed by atoms with Gasteiger partial charge in [-0.1, -0.05) is 0 Å². The first-order valence-corrected chi connectivity index (χ1v) is 0.831. The van der Waals surface area contributed by atoms with Gasteiger partial charge in [0.25, 0.3) is 0 Å². The van der Waals surface area contributed by atoms with Crippen molar-refractivity contribution in [3.05, 3.63) is 0 Å². The molecule has 4 heavy (non-hydrogen) atoms. The van der Waals surface area contributed by atoms with Crippen LogP contribution in [0.1, 0.15) is 0 Å². The third-order valence-electron chi connectivity index (χ3n) is 0. The van der Waals surface area contributed by atoms with Gasteiger partial charge < -0.3 is 0 Å². The Bertz CT molecular complexity index is 8.00. The van der Waals surface area contributed by atoms with Crippen molar-refractivity contribution in [1.29, 1.82) is 0 Å². The van der Waals surface area contributed by atoms with E-state index in [2.05, 4.69) is 7.72 Å². The molecule has 1 radical (unpaired) electrons. The zero-order valence-electron chi connectivity index (χ0n) is 1.75. The molecule has 0 atom stereocenters. The summed E-state index contributed by atoms with van der Waals surface area (Å²) in [4.78, 5) is 0. The van der Waals surface area contributed by atoms with Gasteiger partial charge in [0.2, 0.25) is 0 Å². The van der Waals surface area contributed by atoms with E-state index in [0.29, 0.717) is 0 Å². The molecule has 0 bridgehead atoms. The summed E-state index contributed by atoms with van der Waals surface area (Å²) in [5, 5.41) is 0. The summed E-state index contributed by atoms with van der Waals surface area (Å²) in [6.07, 6.45) is 0. The molecule has 0 aromatic rings. The van der Waals surface area contributed by atoms with Gasteiger partial charge in [-0.25, -0.2) is 0 Å². The summed E-state index contributed by atoms with van der Waals surface area (Å²) >= 11 is 2.00. The summed E-state index contributed by atoms with van der Waals surface area (Å²) in [6, 6.07) is 0. The third kappa shape index (κ3) is 90.1. The van der Waals surface area contributed by atoms with Crippen molar-refractivity contribution in [2.75, 3.05) is 0 Å². The van der Waals surface area contributed by atoms with Crippen LogP contribution in [-0.2, 0) is 24.5 Å². The van der Waals surface area contributed by atoms with E-state index in [1.54, 1.807) is 0 Å². The van der Waals surface area contributed by atoms with Crippen molar-refractivity contribution in [3.8, 4) is 0 Å². The Labute approximate surface area is 33.0 Å². The molecular formula is BFeO2. The van der Waals surface area contributed by atoms with E-state index < -0.39 is 0 Å². The van der Waals surface area contributed by atoms with E-state index in [0.717, 1.165) is 0 Å². The molecule has 0 aliphatic heterocycles. The van der Waals surface area contributed by atoms with Crippen molar-refractivity contribution in [2.24, 2.45) is 0 Å². The van der Waals surface area contributed by atoms with Crippen LogP contribution in [0.4, 0.5) is 0 Å². The summed E-state index contributed by atoms with van der Waals surface area (Å²) in [5.74, 6) is 0. The minimum atomic E-state index is 2.00. The number of hydrogen-bond donors (Lipinski definition) is 0. The van der Waals surface area contributed by atoms with Crippen LogP contribution in [0.5, 0.6) is 0 Å². The predicted molar refractivity (Wildman–Crippen MR) is 7.13 cm³/mol. The second-order valence-corrected chi connectivity index (χ2v) is 0. The van der Waals surface area contributed by atoms with Crippen molar-refractivity contribution in [3.63, 3.8) is 0 Å². The molecule has 0 N–H and O–H groups in total. The van der Waals surface area contributed by atoms with Crippen LogP contribution in [0.3, 0.4) is 0 Å². The third-order valence-corrected chi connectivity index (χ3v) is 0. The van der Waals surface area contributed by atoms with Gasteiger partial charge in [-0.3, -0.25) is 0 Å². The quantitative estimate of drug-likeness (QED) is 0.379. The monoisotopic (exact) mass is 98.9 g/mol. The van der Waals surface area contributed by atoms with Crippen LogP contribution >= 0.6 is 0 Å². The molecule has 0 aromatic carbocycles. The Balaban J connectivity index is 0. The fourth-order valence-electron chi connectivity index (χ4n) is 0. The molecule has 23 valence electrons. The standard InChI is InChI=1S/BO.Fe.O/c1-2;;. The van der Waals surface area contributed by atoms with Gasteiger partial charge in [0.15, 0.2) is 0 Å². The van der Waals surface area contributed by atoms with Crippen LogP contribution in [0.2, 0.25) is 0 Å². The van der Waals surface area contributed by atoms with Gasteiger partial charge in [-0.05, 0) is 0 Å². The molecule has 0 aromatic heterocycles. The molecule has 4 heteroatoms. The zero-order chi connectivity index (χ0) is 4.00. The Morgan fingerprint density at radius 2 is 1.25 bits per heavy atom. The normalized spacial score (nSPS) is 2.00. The van der Waals surface area contributed by atoms with Gasteiger partial charge in [0, 0.05) is 0 Å². The molecule has 0 aliphatic carbocycles. The van der Waals surface area contributed by atoms with E-state index in [1.165, 1.54) is 0 Å². The topological polar surface area (TPSA) is 34.1 Å². The van der Waals surface area contributed by atoms with Crippen LogP contribution in [-0.4, -0.2) is 7.72 Å². The molecule has 0 saturated carbocycles. The summed E-state index contributed by atoms with van der Waals surface area (Å²) < 4.78 is 15.8. The van der Waals surface area contributed by atoms with Crippen molar-refractivity contribution in [1.82, 2.24) is 0 Å². The second kappa shape index (κ2) is 447. The molecule has 0 fully saturated rings. The molecule has 2 nitrogen and oxygen atoms in total. The van der Waals surface area contributed by atoms with Crippen molar-refractivity contribution >= 4 is 7.72 Å². The van der Waals surface area contributed by atoms with E-state index in [9.17, 15) is 0 Å². The average molecular weight is 98.7 g/mol. The van der Waals surface area contributed by atoms with Crippen LogP contribution in [0.25, 0.3) is 0 Å². The van der Waals surface area contributed by atoms with Gasteiger partial charge in [-0.15, -0.1) is 0 Å². The molecule has 0 aliphatic rings. The second-order valence-electron chi connectivity index (χ2n) is 0. The van der Waals surface area contributed by atoms with E-state index in [4.69, 9.17) is 8.54 Å². The van der Waals surface area contributed by atoms with E-state index in [1.807, 2.05) is 15.9 Å². The Kier molecular flexibility index (Phi) is 993. The van der Waals surface area contributed by atoms with E-state index in [-0.39, 0.29) is 0 Å². The fraction of sp³-hybridized carbons (Fsp3) is 0. The molecule has 0 rings (SSSR count). The fourth-order valence-corrected chi connectivity index (χ4v) is 0. The zero-order valence-corrected chi connectivity index (χ0v) is 2.85. The van der Waals surface area contributed by atoms with Gasteiger partial charge in [0.05, 0.1) is 0 Å². The first-order chi connectivity index (χ1) is 2.00. The van der Waals surface area contributed by atoms with Gasteiger partial charge >= 0.3 is 32.2 Å². The molecule has 0 amide bonds. The molecule has 0 heterocycles. The van der Waals surface area contributed by atoms with Crippen molar-refractivity contribution < 1.29 is 24.5 Å². The van der Waals surface area contributed by atoms with Gasteiger partial charge in [-0.2, -0.15) is 0 Å².